The minimum atomic E-state index is -3.43. The van der Waals surface area contributed by atoms with Crippen LogP contribution in [0.1, 0.15) is 10.4 Å². The smallest absolute Gasteiger partial charge is 0.270 e. The molecule has 0 radical (unpaired) electrons. The number of rotatable bonds is 6. The lowest BCUT2D eigenvalue weighted by molar-refractivity contribution is -0.384. The molecule has 1 rings (SSSR count). The summed E-state index contributed by atoms with van der Waals surface area (Å²) in [6.45, 7) is -0.127. The first-order chi connectivity index (χ1) is 9.65. The Morgan fingerprint density at radius 3 is 2.57 bits per heavy atom. The molecule has 0 aliphatic rings. The molecule has 0 saturated heterocycles. The summed E-state index contributed by atoms with van der Waals surface area (Å²) < 4.78 is 24.1. The molecular weight excluding hydrogens is 322 g/mol. The Hall–Kier alpha value is -1.71. The van der Waals surface area contributed by atoms with E-state index in [1.165, 1.54) is 26.2 Å². The second-order valence-corrected chi connectivity index (χ2v) is 6.99. The van der Waals surface area contributed by atoms with Gasteiger partial charge in [0, 0.05) is 32.8 Å². The van der Waals surface area contributed by atoms with Crippen molar-refractivity contribution in [2.75, 3.05) is 26.4 Å². The van der Waals surface area contributed by atoms with E-state index in [9.17, 15) is 23.3 Å². The maximum atomic E-state index is 11.9. The van der Waals surface area contributed by atoms with Crippen LogP contribution in [0.3, 0.4) is 0 Å². The highest BCUT2D eigenvalue weighted by Crippen LogP contribution is 2.21. The molecule has 0 saturated carbocycles. The molecule has 0 spiro atoms. The fourth-order valence-electron chi connectivity index (χ4n) is 1.37. The van der Waals surface area contributed by atoms with Crippen LogP contribution < -0.4 is 5.32 Å². The Bertz CT molecular complexity index is 660. The van der Waals surface area contributed by atoms with Crippen molar-refractivity contribution in [2.45, 2.75) is 0 Å². The van der Waals surface area contributed by atoms with Crippen LogP contribution in [0.25, 0.3) is 0 Å². The molecule has 1 aromatic rings. The van der Waals surface area contributed by atoms with Gasteiger partial charge in [-0.15, -0.1) is 0 Å². The van der Waals surface area contributed by atoms with Gasteiger partial charge in [0.2, 0.25) is 10.0 Å². The summed E-state index contributed by atoms with van der Waals surface area (Å²) in [5, 5.41) is 13.1. The van der Waals surface area contributed by atoms with Gasteiger partial charge in [0.15, 0.2) is 0 Å². The number of nitro groups is 1. The van der Waals surface area contributed by atoms with Crippen molar-refractivity contribution in [3.8, 4) is 0 Å². The number of halogens is 1. The number of carbonyl (C=O) groups excluding carboxylic acids is 1. The first-order valence-electron chi connectivity index (χ1n) is 5.77. The molecule has 1 aromatic carbocycles. The van der Waals surface area contributed by atoms with Gasteiger partial charge in [0.25, 0.3) is 11.6 Å². The topological polar surface area (TPSA) is 110 Å². The van der Waals surface area contributed by atoms with Gasteiger partial charge in [-0.25, -0.2) is 12.7 Å². The molecule has 0 aliphatic heterocycles. The van der Waals surface area contributed by atoms with Crippen LogP contribution in [0.15, 0.2) is 18.2 Å². The lowest BCUT2D eigenvalue weighted by Crippen LogP contribution is -2.34. The van der Waals surface area contributed by atoms with Crippen molar-refractivity contribution in [2.24, 2.45) is 0 Å². The quantitative estimate of drug-likeness (QED) is 0.612. The Kier molecular flexibility index (Phi) is 5.64. The van der Waals surface area contributed by atoms with Gasteiger partial charge in [-0.2, -0.15) is 0 Å². The second-order valence-electron chi connectivity index (χ2n) is 4.28. The van der Waals surface area contributed by atoms with Gasteiger partial charge in [-0.1, -0.05) is 11.6 Å². The predicted octanol–water partition coefficient (Wildman–Crippen LogP) is 0.869. The van der Waals surface area contributed by atoms with Crippen molar-refractivity contribution in [1.29, 1.82) is 0 Å². The third-order valence-corrected chi connectivity index (χ3v) is 4.77. The van der Waals surface area contributed by atoms with E-state index in [0.29, 0.717) is 0 Å². The van der Waals surface area contributed by atoms with Gasteiger partial charge < -0.3 is 5.32 Å². The summed E-state index contributed by atoms with van der Waals surface area (Å²) in [6, 6.07) is 3.46. The molecule has 0 bridgehead atoms. The van der Waals surface area contributed by atoms with Gasteiger partial charge in [0.1, 0.15) is 0 Å². The number of sulfonamides is 1. The highest BCUT2D eigenvalue weighted by molar-refractivity contribution is 7.89. The zero-order valence-corrected chi connectivity index (χ0v) is 12.9. The van der Waals surface area contributed by atoms with Crippen LogP contribution in [-0.2, 0) is 10.0 Å². The van der Waals surface area contributed by atoms with Crippen LogP contribution >= 0.6 is 11.6 Å². The number of benzene rings is 1. The van der Waals surface area contributed by atoms with Crippen molar-refractivity contribution in [3.63, 3.8) is 0 Å². The van der Waals surface area contributed by atoms with Gasteiger partial charge in [-0.05, 0) is 6.07 Å². The number of nitro benzene ring substituents is 1. The summed E-state index contributed by atoms with van der Waals surface area (Å²) in [4.78, 5) is 21.9. The van der Waals surface area contributed by atoms with E-state index in [2.05, 4.69) is 5.32 Å². The third-order valence-electron chi connectivity index (χ3n) is 2.61. The van der Waals surface area contributed by atoms with E-state index in [1.807, 2.05) is 0 Å². The highest BCUT2D eigenvalue weighted by atomic mass is 35.5. The average molecular weight is 336 g/mol. The Balaban J connectivity index is 2.77. The van der Waals surface area contributed by atoms with Crippen molar-refractivity contribution < 1.29 is 18.1 Å². The zero-order chi connectivity index (χ0) is 16.2. The van der Waals surface area contributed by atoms with E-state index in [0.717, 1.165) is 10.4 Å². The first kappa shape index (κ1) is 17.3. The SMILES string of the molecule is CN(C)S(=O)(=O)CCNC(=O)c1cc([N+](=O)[O-])ccc1Cl. The molecule has 1 N–H and O–H groups in total. The second kappa shape index (κ2) is 6.83. The third kappa shape index (κ3) is 4.66. The lowest BCUT2D eigenvalue weighted by atomic mass is 10.2. The number of amides is 1. The molecule has 0 atom stereocenters. The largest absolute Gasteiger partial charge is 0.351 e. The normalized spacial score (nSPS) is 11.4. The van der Waals surface area contributed by atoms with E-state index in [1.54, 1.807) is 0 Å². The molecule has 10 heteroatoms. The highest BCUT2D eigenvalue weighted by Gasteiger charge is 2.17. The number of hydrogen-bond acceptors (Lipinski definition) is 5. The summed E-state index contributed by atoms with van der Waals surface area (Å²) in [6.07, 6.45) is 0. The Morgan fingerprint density at radius 2 is 2.05 bits per heavy atom. The molecule has 0 aliphatic carbocycles. The summed E-state index contributed by atoms with van der Waals surface area (Å²) in [7, 11) is -0.663. The van der Waals surface area contributed by atoms with Crippen LogP contribution in [0, 0.1) is 10.1 Å². The Labute approximate surface area is 126 Å². The van der Waals surface area contributed by atoms with Gasteiger partial charge >= 0.3 is 0 Å². The molecule has 8 nitrogen and oxygen atoms in total. The van der Waals surface area contributed by atoms with Crippen molar-refractivity contribution >= 4 is 33.2 Å². The maximum absolute atomic E-state index is 11.9. The van der Waals surface area contributed by atoms with Gasteiger partial charge in [-0.3, -0.25) is 14.9 Å². The molecule has 21 heavy (non-hydrogen) atoms. The fourth-order valence-corrected chi connectivity index (χ4v) is 2.30. The zero-order valence-electron chi connectivity index (χ0n) is 11.4. The molecule has 0 aromatic heterocycles. The maximum Gasteiger partial charge on any atom is 0.270 e. The minimum Gasteiger partial charge on any atom is -0.351 e. The summed E-state index contributed by atoms with van der Waals surface area (Å²) >= 11 is 5.81. The molecule has 116 valence electrons. The van der Waals surface area contributed by atoms with E-state index >= 15 is 0 Å². The molecular formula is C11H14ClN3O5S. The predicted molar refractivity (Wildman–Crippen MR) is 77.9 cm³/mol. The number of hydrogen-bond donors (Lipinski definition) is 1. The average Bonchev–Trinajstić information content (AvgIpc) is 2.38. The van der Waals surface area contributed by atoms with E-state index in [-0.39, 0.29) is 28.6 Å². The van der Waals surface area contributed by atoms with Crippen LogP contribution in [0.5, 0.6) is 0 Å². The van der Waals surface area contributed by atoms with E-state index < -0.39 is 20.9 Å². The fraction of sp³-hybridized carbons (Fsp3) is 0.364. The van der Waals surface area contributed by atoms with Crippen LogP contribution in [0.2, 0.25) is 5.02 Å². The van der Waals surface area contributed by atoms with Gasteiger partial charge in [0.05, 0.1) is 21.3 Å². The number of nitrogens with one attached hydrogen (secondary N) is 1. The monoisotopic (exact) mass is 335 g/mol. The molecule has 0 heterocycles. The van der Waals surface area contributed by atoms with E-state index in [4.69, 9.17) is 11.6 Å². The molecule has 1 amide bonds. The number of non-ortho nitro benzene ring substituents is 1. The van der Waals surface area contributed by atoms with Crippen molar-refractivity contribution in [1.82, 2.24) is 9.62 Å². The van der Waals surface area contributed by atoms with Crippen LogP contribution in [-0.4, -0.2) is 49.9 Å². The molecule has 0 unspecified atom stereocenters. The lowest BCUT2D eigenvalue weighted by Gasteiger charge is -2.11. The minimum absolute atomic E-state index is 0.0496. The number of nitrogens with zero attached hydrogens (tertiary/aromatic N) is 2. The first-order valence-corrected chi connectivity index (χ1v) is 7.76. The summed E-state index contributed by atoms with van der Waals surface area (Å²) in [5.74, 6) is -0.948. The standard InChI is InChI=1S/C11H14ClN3O5S/c1-14(2)21(19,20)6-5-13-11(16)9-7-8(15(17)18)3-4-10(9)12/h3-4,7H,5-6H2,1-2H3,(H,13,16). The Morgan fingerprint density at radius 1 is 1.43 bits per heavy atom. The van der Waals surface area contributed by atoms with Crippen molar-refractivity contribution in [3.05, 3.63) is 38.9 Å². The number of carbonyl (C=O) groups is 1. The van der Waals surface area contributed by atoms with Crippen LogP contribution in [0.4, 0.5) is 5.69 Å². The summed E-state index contributed by atoms with van der Waals surface area (Å²) in [5.41, 5.74) is -0.349. The molecule has 0 fully saturated rings.